The van der Waals surface area contributed by atoms with Crippen molar-refractivity contribution in [1.82, 2.24) is 15.0 Å². The maximum absolute atomic E-state index is 11.2. The molecule has 0 saturated carbocycles. The van der Waals surface area contributed by atoms with Gasteiger partial charge in [-0.2, -0.15) is 0 Å². The van der Waals surface area contributed by atoms with E-state index in [1.165, 1.54) is 5.56 Å². The van der Waals surface area contributed by atoms with Crippen LogP contribution in [0.2, 0.25) is 0 Å². The minimum atomic E-state index is -0.355. The number of rotatable bonds is 4. The molecule has 0 saturated heterocycles. The van der Waals surface area contributed by atoms with Gasteiger partial charge in [0.05, 0.1) is 12.1 Å². The predicted octanol–water partition coefficient (Wildman–Crippen LogP) is 2.36. The summed E-state index contributed by atoms with van der Waals surface area (Å²) in [6.07, 6.45) is 5.90. The summed E-state index contributed by atoms with van der Waals surface area (Å²) in [6, 6.07) is 9.49. The van der Waals surface area contributed by atoms with Gasteiger partial charge in [-0.25, -0.2) is 9.78 Å². The first-order valence-electron chi connectivity index (χ1n) is 6.32. The Bertz CT molecular complexity index is 774. The van der Waals surface area contributed by atoms with Gasteiger partial charge in [-0.1, -0.05) is 0 Å². The zero-order valence-corrected chi connectivity index (χ0v) is 12.0. The molecule has 1 N–H and O–H groups in total. The molecular formula is C15H14ClN3O2. The molecule has 5 nitrogen and oxygen atoms in total. The van der Waals surface area contributed by atoms with Crippen LogP contribution < -0.4 is 10.4 Å². The lowest BCUT2D eigenvalue weighted by Crippen LogP contribution is -2.08. The number of hydrogen-bond donors (Lipinski definition) is 1. The smallest absolute Gasteiger partial charge is 0.345 e. The van der Waals surface area contributed by atoms with Crippen LogP contribution in [0.15, 0.2) is 53.7 Å². The van der Waals surface area contributed by atoms with Crippen molar-refractivity contribution < 1.29 is 4.74 Å². The molecule has 0 aliphatic rings. The molecule has 0 unspecified atom stereocenters. The molecule has 2 aromatic heterocycles. The first-order chi connectivity index (χ1) is 9.81. The fourth-order valence-electron chi connectivity index (χ4n) is 1.96. The normalized spacial score (nSPS) is 10.1. The number of halogens is 1. The molecule has 0 spiro atoms. The Kier molecular flexibility index (Phi) is 4.90. The number of fused-ring (bicyclic) bond motifs is 1. The lowest BCUT2D eigenvalue weighted by molar-refractivity contribution is 0.322. The number of nitrogens with one attached hydrogen (secondary N) is 1. The lowest BCUT2D eigenvalue weighted by atomic mass is 10.2. The van der Waals surface area contributed by atoms with Crippen molar-refractivity contribution in [2.75, 3.05) is 6.61 Å². The summed E-state index contributed by atoms with van der Waals surface area (Å²) in [5, 5.41) is 0.881. The third-order valence-corrected chi connectivity index (χ3v) is 3.00. The van der Waals surface area contributed by atoms with E-state index in [4.69, 9.17) is 4.74 Å². The maximum atomic E-state index is 11.2. The number of hydrogen-bond acceptors (Lipinski definition) is 4. The Hall–Kier alpha value is -2.40. The maximum Gasteiger partial charge on any atom is 0.345 e. The molecule has 0 fully saturated rings. The highest BCUT2D eigenvalue weighted by Crippen LogP contribution is 2.17. The molecule has 0 bridgehead atoms. The van der Waals surface area contributed by atoms with Gasteiger partial charge in [-0.15, -0.1) is 12.4 Å². The number of H-pyrrole nitrogens is 1. The van der Waals surface area contributed by atoms with Crippen molar-refractivity contribution in [2.45, 2.75) is 6.42 Å². The molecular weight excluding hydrogens is 290 g/mol. The van der Waals surface area contributed by atoms with Gasteiger partial charge in [-0.3, -0.25) is 4.98 Å². The summed E-state index contributed by atoms with van der Waals surface area (Å²) in [4.78, 5) is 21.5. The molecule has 1 aromatic carbocycles. The number of aromatic amines is 1. The highest BCUT2D eigenvalue weighted by molar-refractivity contribution is 5.85. The van der Waals surface area contributed by atoms with E-state index < -0.39 is 0 Å². The van der Waals surface area contributed by atoms with E-state index in [1.54, 1.807) is 18.6 Å². The second kappa shape index (κ2) is 6.85. The summed E-state index contributed by atoms with van der Waals surface area (Å²) >= 11 is 0. The van der Waals surface area contributed by atoms with Crippen LogP contribution in [0.3, 0.4) is 0 Å². The summed E-state index contributed by atoms with van der Waals surface area (Å²) in [6.45, 7) is 0.574. The zero-order valence-electron chi connectivity index (χ0n) is 11.2. The third-order valence-electron chi connectivity index (χ3n) is 3.00. The van der Waals surface area contributed by atoms with Gasteiger partial charge < -0.3 is 9.72 Å². The van der Waals surface area contributed by atoms with Crippen molar-refractivity contribution in [3.63, 3.8) is 0 Å². The number of nitrogens with zero attached hydrogens (tertiary/aromatic N) is 2. The topological polar surface area (TPSA) is 67.9 Å². The van der Waals surface area contributed by atoms with E-state index in [1.807, 2.05) is 30.3 Å². The molecule has 6 heteroatoms. The standard InChI is InChI=1S/C15H13N3O2.ClH/c19-15-17-10-12-1-2-13(9-14(12)18-15)20-8-5-11-3-6-16-7-4-11;/h1-4,6-7,9-10H,5,8H2,(H,17,18,19);1H. The van der Waals surface area contributed by atoms with Crippen LogP contribution in [0.5, 0.6) is 5.75 Å². The lowest BCUT2D eigenvalue weighted by Gasteiger charge is -2.07. The average molecular weight is 304 g/mol. The Morgan fingerprint density at radius 3 is 2.76 bits per heavy atom. The van der Waals surface area contributed by atoms with Gasteiger partial charge >= 0.3 is 5.69 Å². The largest absolute Gasteiger partial charge is 0.493 e. The summed E-state index contributed by atoms with van der Waals surface area (Å²) in [5.41, 5.74) is 1.55. The highest BCUT2D eigenvalue weighted by atomic mass is 35.5. The Morgan fingerprint density at radius 2 is 1.95 bits per heavy atom. The van der Waals surface area contributed by atoms with Gasteiger partial charge in [0.1, 0.15) is 5.75 Å². The van der Waals surface area contributed by atoms with Gasteiger partial charge in [0, 0.05) is 36.5 Å². The second-order valence-electron chi connectivity index (χ2n) is 4.39. The van der Waals surface area contributed by atoms with Crippen molar-refractivity contribution in [1.29, 1.82) is 0 Å². The van der Waals surface area contributed by atoms with Gasteiger partial charge in [0.2, 0.25) is 0 Å². The molecule has 2 heterocycles. The van der Waals surface area contributed by atoms with E-state index in [9.17, 15) is 4.79 Å². The van der Waals surface area contributed by atoms with Crippen molar-refractivity contribution in [2.24, 2.45) is 0 Å². The van der Waals surface area contributed by atoms with Crippen LogP contribution >= 0.6 is 12.4 Å². The van der Waals surface area contributed by atoms with Crippen LogP contribution in [0.4, 0.5) is 0 Å². The van der Waals surface area contributed by atoms with Crippen molar-refractivity contribution in [3.8, 4) is 5.75 Å². The molecule has 0 radical (unpaired) electrons. The zero-order chi connectivity index (χ0) is 13.8. The fourth-order valence-corrected chi connectivity index (χ4v) is 1.96. The van der Waals surface area contributed by atoms with Gasteiger partial charge in [-0.05, 0) is 29.8 Å². The summed E-state index contributed by atoms with van der Waals surface area (Å²) in [5.74, 6) is 0.730. The Balaban J connectivity index is 0.00000161. The average Bonchev–Trinajstić information content (AvgIpc) is 2.48. The SMILES string of the molecule is Cl.O=c1ncc2ccc(OCCc3ccncc3)cc2[nH]1. The predicted molar refractivity (Wildman–Crippen MR) is 83.0 cm³/mol. The van der Waals surface area contributed by atoms with Crippen molar-refractivity contribution >= 4 is 23.3 Å². The van der Waals surface area contributed by atoms with E-state index in [0.717, 1.165) is 23.1 Å². The summed E-state index contributed by atoms with van der Waals surface area (Å²) in [7, 11) is 0. The first kappa shape index (κ1) is 15.0. The monoisotopic (exact) mass is 303 g/mol. The van der Waals surface area contributed by atoms with Crippen molar-refractivity contribution in [3.05, 3.63) is 65.0 Å². The number of benzene rings is 1. The van der Waals surface area contributed by atoms with Crippen LogP contribution in [0.1, 0.15) is 5.56 Å². The first-order valence-corrected chi connectivity index (χ1v) is 6.32. The molecule has 3 rings (SSSR count). The molecule has 21 heavy (non-hydrogen) atoms. The Labute approximate surface area is 127 Å². The quantitative estimate of drug-likeness (QED) is 0.803. The fraction of sp³-hybridized carbons (Fsp3) is 0.133. The van der Waals surface area contributed by atoms with E-state index in [-0.39, 0.29) is 18.1 Å². The number of aromatic nitrogens is 3. The highest BCUT2D eigenvalue weighted by Gasteiger charge is 1.99. The van der Waals surface area contributed by atoms with Gasteiger partial charge in [0.25, 0.3) is 0 Å². The van der Waals surface area contributed by atoms with E-state index in [2.05, 4.69) is 15.0 Å². The third kappa shape index (κ3) is 3.79. The Morgan fingerprint density at radius 1 is 1.14 bits per heavy atom. The van der Waals surface area contributed by atoms with Crippen LogP contribution in [-0.4, -0.2) is 21.6 Å². The summed E-state index contributed by atoms with van der Waals surface area (Å²) < 4.78 is 5.70. The molecule has 0 aliphatic heterocycles. The van der Waals surface area contributed by atoms with E-state index in [0.29, 0.717) is 6.61 Å². The minimum Gasteiger partial charge on any atom is -0.493 e. The molecule has 0 aliphatic carbocycles. The number of ether oxygens (including phenoxy) is 1. The van der Waals surface area contributed by atoms with Gasteiger partial charge in [0.15, 0.2) is 0 Å². The molecule has 3 aromatic rings. The van der Waals surface area contributed by atoms with Crippen LogP contribution in [-0.2, 0) is 6.42 Å². The molecule has 0 atom stereocenters. The van der Waals surface area contributed by atoms with Crippen LogP contribution in [0, 0.1) is 0 Å². The second-order valence-corrected chi connectivity index (χ2v) is 4.39. The van der Waals surface area contributed by atoms with E-state index >= 15 is 0 Å². The van der Waals surface area contributed by atoms with Crippen LogP contribution in [0.25, 0.3) is 10.9 Å². The molecule has 0 amide bonds. The molecule has 108 valence electrons. The number of pyridine rings is 1. The minimum absolute atomic E-state index is 0.